The number of carbonyl (C=O) groups excluding carboxylic acids is 1. The van der Waals surface area contributed by atoms with E-state index in [4.69, 9.17) is 0 Å². The van der Waals surface area contributed by atoms with Crippen molar-refractivity contribution in [3.63, 3.8) is 0 Å². The Labute approximate surface area is 132 Å². The van der Waals surface area contributed by atoms with Crippen molar-refractivity contribution < 1.29 is 4.79 Å². The van der Waals surface area contributed by atoms with Crippen LogP contribution in [-0.4, -0.2) is 29.5 Å². The van der Waals surface area contributed by atoms with E-state index in [-0.39, 0.29) is 10.7 Å². The lowest BCUT2D eigenvalue weighted by atomic mass is 10.1. The molecule has 2 N–H and O–H groups in total. The van der Waals surface area contributed by atoms with Gasteiger partial charge in [0.15, 0.2) is 0 Å². The molecule has 3 nitrogen and oxygen atoms in total. The molecular weight excluding hydrogens is 280 g/mol. The summed E-state index contributed by atoms with van der Waals surface area (Å²) in [6, 6.07) is 5.88. The lowest BCUT2D eigenvalue weighted by Crippen LogP contribution is -2.36. The SMILES string of the molecule is CCCNc1ccc(C(=O)NCC2(C)CCCS2)cc1C. The molecule has 2 rings (SSSR count). The summed E-state index contributed by atoms with van der Waals surface area (Å²) in [5, 5.41) is 6.47. The molecule has 0 radical (unpaired) electrons. The maximum absolute atomic E-state index is 12.3. The van der Waals surface area contributed by atoms with Crippen molar-refractivity contribution in [2.24, 2.45) is 0 Å². The van der Waals surface area contributed by atoms with Gasteiger partial charge in [-0.25, -0.2) is 0 Å². The minimum absolute atomic E-state index is 0.0360. The Kier molecular flexibility index (Phi) is 5.57. The van der Waals surface area contributed by atoms with Crippen molar-refractivity contribution in [2.45, 2.75) is 44.8 Å². The van der Waals surface area contributed by atoms with Crippen LogP contribution < -0.4 is 10.6 Å². The first-order valence-corrected chi connectivity index (χ1v) is 8.79. The number of benzene rings is 1. The Bertz CT molecular complexity index is 496. The first-order valence-electron chi connectivity index (χ1n) is 7.81. The van der Waals surface area contributed by atoms with E-state index >= 15 is 0 Å². The second-order valence-electron chi connectivity index (χ2n) is 6.04. The quantitative estimate of drug-likeness (QED) is 0.839. The Hall–Kier alpha value is -1.16. The van der Waals surface area contributed by atoms with Crippen molar-refractivity contribution in [3.05, 3.63) is 29.3 Å². The van der Waals surface area contributed by atoms with Crippen LogP contribution in [0.25, 0.3) is 0 Å². The number of amides is 1. The number of aryl methyl sites for hydroxylation is 1. The molecule has 0 spiro atoms. The lowest BCUT2D eigenvalue weighted by molar-refractivity contribution is 0.0950. The highest BCUT2D eigenvalue weighted by molar-refractivity contribution is 8.00. The van der Waals surface area contributed by atoms with E-state index in [0.717, 1.165) is 36.3 Å². The van der Waals surface area contributed by atoms with Crippen LogP contribution in [0.1, 0.15) is 49.0 Å². The average Bonchev–Trinajstić information content (AvgIpc) is 2.91. The molecule has 1 fully saturated rings. The van der Waals surface area contributed by atoms with Crippen molar-refractivity contribution >= 4 is 23.4 Å². The fourth-order valence-corrected chi connectivity index (χ4v) is 3.85. The van der Waals surface area contributed by atoms with Crippen molar-refractivity contribution in [1.82, 2.24) is 5.32 Å². The van der Waals surface area contributed by atoms with Gasteiger partial charge in [-0.1, -0.05) is 6.92 Å². The molecule has 0 bridgehead atoms. The second kappa shape index (κ2) is 7.21. The zero-order valence-electron chi connectivity index (χ0n) is 13.3. The van der Waals surface area contributed by atoms with Crippen LogP contribution in [0.3, 0.4) is 0 Å². The molecule has 1 heterocycles. The summed E-state index contributed by atoms with van der Waals surface area (Å²) in [5.41, 5.74) is 2.99. The Morgan fingerprint density at radius 2 is 2.24 bits per heavy atom. The van der Waals surface area contributed by atoms with Gasteiger partial charge in [0.05, 0.1) is 0 Å². The number of rotatable bonds is 6. The van der Waals surface area contributed by atoms with E-state index in [1.807, 2.05) is 36.9 Å². The molecule has 1 aromatic carbocycles. The molecular formula is C17H26N2OS. The Morgan fingerprint density at radius 3 is 2.86 bits per heavy atom. The van der Waals surface area contributed by atoms with Gasteiger partial charge in [0, 0.05) is 29.1 Å². The van der Waals surface area contributed by atoms with Crippen molar-refractivity contribution in [1.29, 1.82) is 0 Å². The van der Waals surface area contributed by atoms with Crippen LogP contribution in [0.4, 0.5) is 5.69 Å². The van der Waals surface area contributed by atoms with Gasteiger partial charge in [0.25, 0.3) is 5.91 Å². The Morgan fingerprint density at radius 1 is 1.43 bits per heavy atom. The monoisotopic (exact) mass is 306 g/mol. The molecule has 1 atom stereocenters. The highest BCUT2D eigenvalue weighted by atomic mass is 32.2. The first-order chi connectivity index (χ1) is 10.0. The highest BCUT2D eigenvalue weighted by Crippen LogP contribution is 2.37. The number of hydrogen-bond acceptors (Lipinski definition) is 3. The van der Waals surface area contributed by atoms with E-state index in [9.17, 15) is 4.79 Å². The molecule has 1 amide bonds. The van der Waals surface area contributed by atoms with Crippen molar-refractivity contribution in [2.75, 3.05) is 24.2 Å². The molecule has 4 heteroatoms. The summed E-state index contributed by atoms with van der Waals surface area (Å²) in [6.07, 6.45) is 3.54. The number of nitrogens with one attached hydrogen (secondary N) is 2. The summed E-state index contributed by atoms with van der Waals surface area (Å²) in [4.78, 5) is 12.3. The maximum Gasteiger partial charge on any atom is 0.251 e. The summed E-state index contributed by atoms with van der Waals surface area (Å²) < 4.78 is 0.216. The second-order valence-corrected chi connectivity index (χ2v) is 7.72. The topological polar surface area (TPSA) is 41.1 Å². The predicted octanol–water partition coefficient (Wildman–Crippen LogP) is 3.83. The fourth-order valence-electron chi connectivity index (χ4n) is 2.61. The minimum atomic E-state index is 0.0360. The van der Waals surface area contributed by atoms with Gasteiger partial charge < -0.3 is 10.6 Å². The van der Waals surface area contributed by atoms with Crippen LogP contribution in [0.2, 0.25) is 0 Å². The summed E-state index contributed by atoms with van der Waals surface area (Å²) in [6.45, 7) is 8.15. The summed E-state index contributed by atoms with van der Waals surface area (Å²) in [7, 11) is 0. The van der Waals surface area contributed by atoms with Gasteiger partial charge in [-0.05, 0) is 62.6 Å². The lowest BCUT2D eigenvalue weighted by Gasteiger charge is -2.23. The molecule has 1 aliphatic rings. The minimum Gasteiger partial charge on any atom is -0.385 e. The fraction of sp³-hybridized carbons (Fsp3) is 0.588. The average molecular weight is 306 g/mol. The smallest absolute Gasteiger partial charge is 0.251 e. The first kappa shape index (κ1) is 16.2. The molecule has 21 heavy (non-hydrogen) atoms. The number of thioether (sulfide) groups is 1. The number of carbonyl (C=O) groups is 1. The third kappa shape index (κ3) is 4.40. The van der Waals surface area contributed by atoms with Crippen LogP contribution >= 0.6 is 11.8 Å². The van der Waals surface area contributed by atoms with E-state index < -0.39 is 0 Å². The van der Waals surface area contributed by atoms with E-state index in [1.165, 1.54) is 18.6 Å². The van der Waals surface area contributed by atoms with Gasteiger partial charge in [-0.3, -0.25) is 4.79 Å². The summed E-state index contributed by atoms with van der Waals surface area (Å²) in [5.74, 6) is 1.25. The zero-order chi connectivity index (χ0) is 15.3. The summed E-state index contributed by atoms with van der Waals surface area (Å²) >= 11 is 1.97. The third-order valence-electron chi connectivity index (χ3n) is 3.98. The van der Waals surface area contributed by atoms with Gasteiger partial charge >= 0.3 is 0 Å². The van der Waals surface area contributed by atoms with Gasteiger partial charge in [-0.2, -0.15) is 11.8 Å². The van der Waals surface area contributed by atoms with Gasteiger partial charge in [0.1, 0.15) is 0 Å². The van der Waals surface area contributed by atoms with E-state index in [0.29, 0.717) is 0 Å². The predicted molar refractivity (Wildman–Crippen MR) is 92.4 cm³/mol. The maximum atomic E-state index is 12.3. The van der Waals surface area contributed by atoms with Crippen LogP contribution in [0.5, 0.6) is 0 Å². The third-order valence-corrected chi connectivity index (χ3v) is 5.52. The molecule has 1 aromatic rings. The number of hydrogen-bond donors (Lipinski definition) is 2. The van der Waals surface area contributed by atoms with Crippen molar-refractivity contribution in [3.8, 4) is 0 Å². The zero-order valence-corrected chi connectivity index (χ0v) is 14.1. The number of anilines is 1. The van der Waals surface area contributed by atoms with Crippen LogP contribution in [0.15, 0.2) is 18.2 Å². The molecule has 0 aromatic heterocycles. The molecule has 1 aliphatic heterocycles. The standard InChI is InChI=1S/C17H26N2OS/c1-4-9-18-15-7-6-14(11-13(15)2)16(20)19-12-17(3)8-5-10-21-17/h6-7,11,18H,4-5,8-10,12H2,1-3H3,(H,19,20). The van der Waals surface area contributed by atoms with Crippen LogP contribution in [0, 0.1) is 6.92 Å². The molecule has 1 saturated heterocycles. The van der Waals surface area contributed by atoms with E-state index in [1.54, 1.807) is 0 Å². The van der Waals surface area contributed by atoms with Gasteiger partial charge in [0.2, 0.25) is 0 Å². The molecule has 1 unspecified atom stereocenters. The van der Waals surface area contributed by atoms with Gasteiger partial charge in [-0.15, -0.1) is 0 Å². The molecule has 0 aliphatic carbocycles. The normalized spacial score (nSPS) is 21.3. The Balaban J connectivity index is 1.94. The largest absolute Gasteiger partial charge is 0.385 e. The van der Waals surface area contributed by atoms with E-state index in [2.05, 4.69) is 24.5 Å². The molecule has 0 saturated carbocycles. The highest BCUT2D eigenvalue weighted by Gasteiger charge is 2.29. The molecule has 116 valence electrons. The van der Waals surface area contributed by atoms with Crippen LogP contribution in [-0.2, 0) is 0 Å².